The molecule has 0 aliphatic heterocycles. The molecule has 1 aromatic carbocycles. The molecular weight excluding hydrogens is 402 g/mol. The topological polar surface area (TPSA) is 75.5 Å². The van der Waals surface area contributed by atoms with E-state index >= 15 is 0 Å². The number of rotatable bonds is 6. The maximum Gasteiger partial charge on any atom is 0.266 e. The second kappa shape index (κ2) is 8.74. The second-order valence-electron chi connectivity index (χ2n) is 6.51. The maximum absolute atomic E-state index is 13.5. The first kappa shape index (κ1) is 20.2. The van der Waals surface area contributed by atoms with Crippen molar-refractivity contribution in [3.63, 3.8) is 0 Å². The molecule has 2 aromatic heterocycles. The number of hydrogen-bond donors (Lipinski definition) is 0. The third-order valence-corrected chi connectivity index (χ3v) is 5.64. The summed E-state index contributed by atoms with van der Waals surface area (Å²) in [7, 11) is 4.74. The van der Waals surface area contributed by atoms with Crippen molar-refractivity contribution in [2.24, 2.45) is 0 Å². The summed E-state index contributed by atoms with van der Waals surface area (Å²) >= 11 is 1.51. The summed E-state index contributed by atoms with van der Waals surface area (Å²) in [6.45, 7) is 0. The summed E-state index contributed by atoms with van der Waals surface area (Å²) in [4.78, 5) is 22.5. The number of aromatic nitrogens is 3. The lowest BCUT2D eigenvalue weighted by molar-refractivity contribution is -0.0159. The number of para-hydroxylation sites is 1. The minimum Gasteiger partial charge on any atom is -0.498 e. The summed E-state index contributed by atoms with van der Waals surface area (Å²) in [6, 6.07) is 7.28. The van der Waals surface area contributed by atoms with Gasteiger partial charge < -0.3 is 14.2 Å². The van der Waals surface area contributed by atoms with Gasteiger partial charge >= 0.3 is 0 Å². The highest BCUT2D eigenvalue weighted by Crippen LogP contribution is 2.29. The Morgan fingerprint density at radius 2 is 1.87 bits per heavy atom. The average Bonchev–Trinajstić information content (AvgIpc) is 3.30. The van der Waals surface area contributed by atoms with Crippen LogP contribution in [0.25, 0.3) is 28.8 Å². The fourth-order valence-corrected chi connectivity index (χ4v) is 4.03. The monoisotopic (exact) mass is 423 g/mol. The van der Waals surface area contributed by atoms with Gasteiger partial charge in [0.25, 0.3) is 5.56 Å². The normalized spacial score (nSPS) is 19.2. The first-order valence-electron chi connectivity index (χ1n) is 9.29. The van der Waals surface area contributed by atoms with Crippen molar-refractivity contribution in [1.29, 1.82) is 0 Å². The van der Waals surface area contributed by atoms with Crippen molar-refractivity contribution in [2.75, 3.05) is 21.3 Å². The SMILES string of the molecule is COC1=CC=C(n2c(/C=C/c3nccs3)nc3ccccc3c2=O)C(OC)C1OC. The molecule has 2 unspecified atom stereocenters. The van der Waals surface area contributed by atoms with Gasteiger partial charge in [0.05, 0.1) is 23.7 Å². The maximum atomic E-state index is 13.5. The molecule has 0 saturated heterocycles. The van der Waals surface area contributed by atoms with Gasteiger partial charge in [-0.15, -0.1) is 11.3 Å². The minimum atomic E-state index is -0.553. The molecule has 0 saturated carbocycles. The fourth-order valence-electron chi connectivity index (χ4n) is 3.51. The minimum absolute atomic E-state index is 0.184. The number of benzene rings is 1. The van der Waals surface area contributed by atoms with E-state index in [-0.39, 0.29) is 5.56 Å². The van der Waals surface area contributed by atoms with Crippen LogP contribution in [0.5, 0.6) is 0 Å². The average molecular weight is 423 g/mol. The molecule has 0 bridgehead atoms. The number of allylic oxidation sites excluding steroid dienone is 2. The number of fused-ring (bicyclic) bond motifs is 1. The molecule has 4 rings (SSSR count). The van der Waals surface area contributed by atoms with Gasteiger partial charge in [-0.3, -0.25) is 9.36 Å². The first-order chi connectivity index (χ1) is 14.7. The Morgan fingerprint density at radius 3 is 2.57 bits per heavy atom. The lowest BCUT2D eigenvalue weighted by atomic mass is 10.0. The number of hydrogen-bond acceptors (Lipinski definition) is 7. The summed E-state index contributed by atoms with van der Waals surface area (Å²) in [6.07, 6.45) is 7.91. The van der Waals surface area contributed by atoms with E-state index in [0.717, 1.165) is 5.01 Å². The molecule has 0 fully saturated rings. The van der Waals surface area contributed by atoms with Gasteiger partial charge in [-0.2, -0.15) is 0 Å². The van der Waals surface area contributed by atoms with Crippen molar-refractivity contribution >= 4 is 40.1 Å². The van der Waals surface area contributed by atoms with Crippen LogP contribution in [0.4, 0.5) is 0 Å². The van der Waals surface area contributed by atoms with E-state index in [0.29, 0.717) is 28.2 Å². The van der Waals surface area contributed by atoms with Crippen molar-refractivity contribution in [3.05, 3.63) is 74.9 Å². The molecule has 0 spiro atoms. The van der Waals surface area contributed by atoms with E-state index in [2.05, 4.69) is 4.98 Å². The Hall–Kier alpha value is -3.07. The van der Waals surface area contributed by atoms with Gasteiger partial charge in [-0.1, -0.05) is 12.1 Å². The molecule has 2 atom stereocenters. The van der Waals surface area contributed by atoms with Gasteiger partial charge in [0.2, 0.25) is 0 Å². The molecule has 1 aliphatic rings. The van der Waals surface area contributed by atoms with E-state index in [1.165, 1.54) is 11.3 Å². The van der Waals surface area contributed by atoms with E-state index in [1.54, 1.807) is 56.4 Å². The molecule has 8 heteroatoms. The largest absolute Gasteiger partial charge is 0.498 e. The molecule has 7 nitrogen and oxygen atoms in total. The molecule has 3 aromatic rings. The highest BCUT2D eigenvalue weighted by atomic mass is 32.1. The van der Waals surface area contributed by atoms with Crippen LogP contribution in [0.3, 0.4) is 0 Å². The van der Waals surface area contributed by atoms with Crippen LogP contribution in [0, 0.1) is 0 Å². The molecule has 0 amide bonds. The molecule has 154 valence electrons. The van der Waals surface area contributed by atoms with Gasteiger partial charge in [0.1, 0.15) is 28.8 Å². The summed E-state index contributed by atoms with van der Waals surface area (Å²) in [5.74, 6) is 1.10. The smallest absolute Gasteiger partial charge is 0.266 e. The predicted molar refractivity (Wildman–Crippen MR) is 118 cm³/mol. The van der Waals surface area contributed by atoms with Crippen LogP contribution in [0.1, 0.15) is 10.8 Å². The number of thiazole rings is 1. The molecule has 1 aliphatic carbocycles. The van der Waals surface area contributed by atoms with Crippen LogP contribution < -0.4 is 5.56 Å². The molecule has 0 radical (unpaired) electrons. The molecule has 2 heterocycles. The van der Waals surface area contributed by atoms with Gasteiger partial charge in [0.15, 0.2) is 0 Å². The lowest BCUT2D eigenvalue weighted by Gasteiger charge is -2.31. The zero-order valence-electron chi connectivity index (χ0n) is 16.8. The van der Waals surface area contributed by atoms with Crippen molar-refractivity contribution in [3.8, 4) is 0 Å². The Bertz CT molecular complexity index is 1190. The van der Waals surface area contributed by atoms with Crippen LogP contribution in [0.15, 0.2) is 58.5 Å². The highest BCUT2D eigenvalue weighted by Gasteiger charge is 2.34. The van der Waals surface area contributed by atoms with E-state index < -0.39 is 12.2 Å². The third-order valence-electron chi connectivity index (χ3n) is 4.90. The number of ether oxygens (including phenoxy) is 3. The quantitative estimate of drug-likeness (QED) is 0.605. The van der Waals surface area contributed by atoms with Crippen LogP contribution >= 0.6 is 11.3 Å². The molecule has 0 N–H and O–H groups in total. The second-order valence-corrected chi connectivity index (χ2v) is 7.43. The van der Waals surface area contributed by atoms with E-state index in [4.69, 9.17) is 19.2 Å². The Kier molecular flexibility index (Phi) is 5.89. The van der Waals surface area contributed by atoms with Crippen LogP contribution in [-0.4, -0.2) is 48.1 Å². The van der Waals surface area contributed by atoms with Gasteiger partial charge in [-0.05, 0) is 36.4 Å². The Morgan fingerprint density at radius 1 is 1.07 bits per heavy atom. The molecule has 30 heavy (non-hydrogen) atoms. The third kappa shape index (κ3) is 3.60. The van der Waals surface area contributed by atoms with Crippen LogP contribution in [-0.2, 0) is 14.2 Å². The van der Waals surface area contributed by atoms with Crippen molar-refractivity contribution in [1.82, 2.24) is 14.5 Å². The molecular formula is C22H21N3O4S. The van der Waals surface area contributed by atoms with Crippen molar-refractivity contribution in [2.45, 2.75) is 12.2 Å². The lowest BCUT2D eigenvalue weighted by Crippen LogP contribution is -2.40. The van der Waals surface area contributed by atoms with E-state index in [1.807, 2.05) is 29.7 Å². The zero-order valence-corrected chi connectivity index (χ0v) is 17.6. The standard InChI is InChI=1S/C22H21N3O4S/c1-27-17-9-8-16(20(28-2)21(17)29-3)25-18(10-11-19-23-12-13-30-19)24-15-7-5-4-6-14(15)22(25)26/h4-13,20-21H,1-3H3/b11-10+. The number of nitrogens with zero attached hydrogens (tertiary/aromatic N) is 3. The summed E-state index contributed by atoms with van der Waals surface area (Å²) < 4.78 is 18.3. The summed E-state index contributed by atoms with van der Waals surface area (Å²) in [5.41, 5.74) is 1.06. The highest BCUT2D eigenvalue weighted by molar-refractivity contribution is 7.10. The Labute approximate surface area is 177 Å². The van der Waals surface area contributed by atoms with Gasteiger partial charge in [-0.25, -0.2) is 9.97 Å². The van der Waals surface area contributed by atoms with Crippen molar-refractivity contribution < 1.29 is 14.2 Å². The number of methoxy groups -OCH3 is 3. The first-order valence-corrected chi connectivity index (χ1v) is 10.2. The zero-order chi connectivity index (χ0) is 21.1. The fraction of sp³-hybridized carbons (Fsp3) is 0.227. The van der Waals surface area contributed by atoms with E-state index in [9.17, 15) is 4.79 Å². The summed E-state index contributed by atoms with van der Waals surface area (Å²) in [5, 5.41) is 3.24. The van der Waals surface area contributed by atoms with Crippen LogP contribution in [0.2, 0.25) is 0 Å². The van der Waals surface area contributed by atoms with Gasteiger partial charge in [0, 0.05) is 25.8 Å². The Balaban J connectivity index is 1.95. The predicted octanol–water partition coefficient (Wildman–Crippen LogP) is 3.44.